The van der Waals surface area contributed by atoms with Crippen LogP contribution in [0, 0.1) is 5.92 Å². The van der Waals surface area contributed by atoms with Crippen LogP contribution in [0.1, 0.15) is 26.7 Å². The van der Waals surface area contributed by atoms with Crippen LogP contribution in [0.25, 0.3) is 0 Å². The molecule has 2 amide bonds. The lowest BCUT2D eigenvalue weighted by Crippen LogP contribution is -2.30. The van der Waals surface area contributed by atoms with Crippen LogP contribution in [0.2, 0.25) is 0 Å². The summed E-state index contributed by atoms with van der Waals surface area (Å²) in [5, 5.41) is 0. The van der Waals surface area contributed by atoms with Crippen LogP contribution in [-0.2, 0) is 9.59 Å². The number of likely N-dealkylation sites (tertiary alicyclic amines) is 1. The molecule has 0 saturated carbocycles. The summed E-state index contributed by atoms with van der Waals surface area (Å²) in [5.74, 6) is -0.202. The first kappa shape index (κ1) is 9.96. The van der Waals surface area contributed by atoms with E-state index in [9.17, 15) is 9.59 Å². The Morgan fingerprint density at radius 1 is 1.46 bits per heavy atom. The summed E-state index contributed by atoms with van der Waals surface area (Å²) in [6.07, 6.45) is 5.14. The second-order valence-corrected chi connectivity index (χ2v) is 3.33. The highest BCUT2D eigenvalue weighted by Crippen LogP contribution is 2.18. The molecule has 1 heterocycles. The smallest absolute Gasteiger partial charge is 0.232 e. The largest absolute Gasteiger partial charge is 0.278 e. The number of carbonyl (C=O) groups is 2. The van der Waals surface area contributed by atoms with Gasteiger partial charge in [-0.2, -0.15) is 0 Å². The fourth-order valence-electron chi connectivity index (χ4n) is 1.39. The summed E-state index contributed by atoms with van der Waals surface area (Å²) < 4.78 is 0. The fourth-order valence-corrected chi connectivity index (χ4v) is 1.39. The quantitative estimate of drug-likeness (QED) is 0.487. The molecule has 1 aliphatic rings. The molecular formula is C10H15NO2. The van der Waals surface area contributed by atoms with E-state index in [1.165, 1.54) is 4.90 Å². The molecule has 1 fully saturated rings. The van der Waals surface area contributed by atoms with Gasteiger partial charge in [0.15, 0.2) is 0 Å². The van der Waals surface area contributed by atoms with Crippen LogP contribution >= 0.6 is 0 Å². The first-order valence-electron chi connectivity index (χ1n) is 4.66. The first-order valence-corrected chi connectivity index (χ1v) is 4.66. The van der Waals surface area contributed by atoms with Gasteiger partial charge in [-0.3, -0.25) is 14.5 Å². The van der Waals surface area contributed by atoms with Crippen molar-refractivity contribution in [3.8, 4) is 0 Å². The molecule has 0 radical (unpaired) electrons. The Kier molecular flexibility index (Phi) is 3.23. The van der Waals surface area contributed by atoms with Crippen LogP contribution in [0.3, 0.4) is 0 Å². The van der Waals surface area contributed by atoms with Crippen molar-refractivity contribution in [2.45, 2.75) is 26.7 Å². The number of nitrogens with zero attached hydrogens (tertiary/aromatic N) is 1. The van der Waals surface area contributed by atoms with Gasteiger partial charge in [0, 0.05) is 18.9 Å². The molecule has 1 unspecified atom stereocenters. The number of allylic oxidation sites excluding steroid dienone is 1. The molecule has 1 rings (SSSR count). The zero-order chi connectivity index (χ0) is 9.84. The maximum Gasteiger partial charge on any atom is 0.232 e. The lowest BCUT2D eigenvalue weighted by Gasteiger charge is -2.10. The maximum absolute atomic E-state index is 11.4. The summed E-state index contributed by atoms with van der Waals surface area (Å²) >= 11 is 0. The summed E-state index contributed by atoms with van der Waals surface area (Å²) in [4.78, 5) is 24.0. The van der Waals surface area contributed by atoms with Crippen molar-refractivity contribution in [2.75, 3.05) is 6.54 Å². The van der Waals surface area contributed by atoms with E-state index in [0.717, 1.165) is 6.42 Å². The molecular weight excluding hydrogens is 166 g/mol. The topological polar surface area (TPSA) is 37.4 Å². The SMILES string of the molecule is CCC=CCN1C(=O)CC(C)C1=O. The Morgan fingerprint density at radius 3 is 2.62 bits per heavy atom. The molecule has 0 bridgehead atoms. The van der Waals surface area contributed by atoms with Gasteiger partial charge in [0.2, 0.25) is 11.8 Å². The van der Waals surface area contributed by atoms with Crippen molar-refractivity contribution in [3.05, 3.63) is 12.2 Å². The monoisotopic (exact) mass is 181 g/mol. The van der Waals surface area contributed by atoms with Crippen LogP contribution in [0.5, 0.6) is 0 Å². The van der Waals surface area contributed by atoms with Crippen LogP contribution in [0.15, 0.2) is 12.2 Å². The zero-order valence-electron chi connectivity index (χ0n) is 8.12. The van der Waals surface area contributed by atoms with Gasteiger partial charge >= 0.3 is 0 Å². The number of imide groups is 1. The van der Waals surface area contributed by atoms with Gasteiger partial charge in [-0.05, 0) is 6.42 Å². The van der Waals surface area contributed by atoms with Gasteiger partial charge in [-0.1, -0.05) is 26.0 Å². The predicted octanol–water partition coefficient (Wildman–Crippen LogP) is 1.35. The number of amides is 2. The van der Waals surface area contributed by atoms with Gasteiger partial charge in [-0.15, -0.1) is 0 Å². The molecule has 3 heteroatoms. The van der Waals surface area contributed by atoms with E-state index in [-0.39, 0.29) is 17.7 Å². The van der Waals surface area contributed by atoms with Crippen molar-refractivity contribution >= 4 is 11.8 Å². The van der Waals surface area contributed by atoms with Crippen molar-refractivity contribution in [2.24, 2.45) is 5.92 Å². The van der Waals surface area contributed by atoms with Crippen LogP contribution in [-0.4, -0.2) is 23.3 Å². The molecule has 0 aromatic carbocycles. The molecule has 0 aromatic rings. The standard InChI is InChI=1S/C10H15NO2/c1-3-4-5-6-11-9(12)7-8(2)10(11)13/h4-5,8H,3,6-7H2,1-2H3. The lowest BCUT2D eigenvalue weighted by atomic mass is 10.1. The Hall–Kier alpha value is -1.12. The summed E-state index contributed by atoms with van der Waals surface area (Å²) in [7, 11) is 0. The van der Waals surface area contributed by atoms with E-state index in [1.807, 2.05) is 19.1 Å². The van der Waals surface area contributed by atoms with E-state index in [4.69, 9.17) is 0 Å². The predicted molar refractivity (Wildman–Crippen MR) is 49.9 cm³/mol. The van der Waals surface area contributed by atoms with Gasteiger partial charge in [0.1, 0.15) is 0 Å². The Morgan fingerprint density at radius 2 is 2.15 bits per heavy atom. The molecule has 0 aliphatic carbocycles. The van der Waals surface area contributed by atoms with Crippen molar-refractivity contribution in [1.82, 2.24) is 4.90 Å². The Balaban J connectivity index is 2.54. The maximum atomic E-state index is 11.4. The van der Waals surface area contributed by atoms with Crippen LogP contribution in [0.4, 0.5) is 0 Å². The first-order chi connectivity index (χ1) is 6.16. The molecule has 3 nitrogen and oxygen atoms in total. The zero-order valence-corrected chi connectivity index (χ0v) is 8.12. The second-order valence-electron chi connectivity index (χ2n) is 3.33. The lowest BCUT2D eigenvalue weighted by molar-refractivity contribution is -0.138. The minimum atomic E-state index is -0.123. The highest BCUT2D eigenvalue weighted by Gasteiger charge is 2.34. The van der Waals surface area contributed by atoms with E-state index in [0.29, 0.717) is 13.0 Å². The minimum Gasteiger partial charge on any atom is -0.278 e. The van der Waals surface area contributed by atoms with Crippen molar-refractivity contribution < 1.29 is 9.59 Å². The minimum absolute atomic E-state index is 0.0363. The van der Waals surface area contributed by atoms with E-state index < -0.39 is 0 Å². The van der Waals surface area contributed by atoms with Gasteiger partial charge in [-0.25, -0.2) is 0 Å². The number of carbonyl (C=O) groups excluding carboxylic acids is 2. The molecule has 0 spiro atoms. The second kappa shape index (κ2) is 4.21. The number of hydrogen-bond acceptors (Lipinski definition) is 2. The van der Waals surface area contributed by atoms with Crippen molar-refractivity contribution in [1.29, 1.82) is 0 Å². The third-order valence-corrected chi connectivity index (χ3v) is 2.16. The third kappa shape index (κ3) is 2.17. The van der Waals surface area contributed by atoms with E-state index >= 15 is 0 Å². The Bertz CT molecular complexity index is 245. The summed E-state index contributed by atoms with van der Waals surface area (Å²) in [6, 6.07) is 0. The van der Waals surface area contributed by atoms with E-state index in [1.54, 1.807) is 6.92 Å². The van der Waals surface area contributed by atoms with Gasteiger partial charge in [0.25, 0.3) is 0 Å². The molecule has 72 valence electrons. The van der Waals surface area contributed by atoms with Crippen LogP contribution < -0.4 is 0 Å². The molecule has 0 N–H and O–H groups in total. The number of hydrogen-bond donors (Lipinski definition) is 0. The average molecular weight is 181 g/mol. The van der Waals surface area contributed by atoms with E-state index in [2.05, 4.69) is 0 Å². The molecule has 1 saturated heterocycles. The Labute approximate surface area is 78.4 Å². The molecule has 13 heavy (non-hydrogen) atoms. The molecule has 1 aliphatic heterocycles. The summed E-state index contributed by atoms with van der Waals surface area (Å²) in [6.45, 7) is 4.26. The van der Waals surface area contributed by atoms with Gasteiger partial charge in [0.05, 0.1) is 0 Å². The molecule has 1 atom stereocenters. The third-order valence-electron chi connectivity index (χ3n) is 2.16. The normalized spacial score (nSPS) is 23.5. The highest BCUT2D eigenvalue weighted by atomic mass is 16.2. The highest BCUT2D eigenvalue weighted by molar-refractivity contribution is 6.03. The van der Waals surface area contributed by atoms with Crippen molar-refractivity contribution in [3.63, 3.8) is 0 Å². The fraction of sp³-hybridized carbons (Fsp3) is 0.600. The van der Waals surface area contributed by atoms with Gasteiger partial charge < -0.3 is 0 Å². The summed E-state index contributed by atoms with van der Waals surface area (Å²) in [5.41, 5.74) is 0. The average Bonchev–Trinajstić information content (AvgIpc) is 2.32. The number of rotatable bonds is 3. The molecule has 0 aromatic heterocycles.